The van der Waals surface area contributed by atoms with E-state index >= 15 is 0 Å². The van der Waals surface area contributed by atoms with Gasteiger partial charge in [0.25, 0.3) is 0 Å². The molecule has 74 valence electrons. The predicted molar refractivity (Wildman–Crippen MR) is 59.8 cm³/mol. The van der Waals surface area contributed by atoms with Crippen molar-refractivity contribution in [3.63, 3.8) is 0 Å². The SMILES string of the molecule is Cc1ccc(C=O)cc1-c1ccccn1. The van der Waals surface area contributed by atoms with Crippen LogP contribution in [0.25, 0.3) is 11.3 Å². The molecule has 1 aromatic heterocycles. The van der Waals surface area contributed by atoms with E-state index in [0.29, 0.717) is 5.56 Å². The number of aromatic nitrogens is 1. The highest BCUT2D eigenvalue weighted by Gasteiger charge is 2.03. The fraction of sp³-hybridized carbons (Fsp3) is 0.0769. The molecule has 0 aliphatic rings. The first kappa shape index (κ1) is 9.59. The largest absolute Gasteiger partial charge is 0.298 e. The number of benzene rings is 1. The molecule has 0 fully saturated rings. The first-order chi connectivity index (χ1) is 7.31. The minimum absolute atomic E-state index is 0.682. The lowest BCUT2D eigenvalue weighted by Crippen LogP contribution is -1.89. The van der Waals surface area contributed by atoms with Gasteiger partial charge in [0, 0.05) is 17.3 Å². The molecule has 1 heterocycles. The number of carbonyl (C=O) groups is 1. The molecule has 0 saturated carbocycles. The highest BCUT2D eigenvalue weighted by Crippen LogP contribution is 2.21. The van der Waals surface area contributed by atoms with Crippen molar-refractivity contribution < 1.29 is 4.79 Å². The molecule has 0 N–H and O–H groups in total. The van der Waals surface area contributed by atoms with Crippen molar-refractivity contribution in [2.45, 2.75) is 6.92 Å². The van der Waals surface area contributed by atoms with Crippen molar-refractivity contribution in [1.29, 1.82) is 0 Å². The smallest absolute Gasteiger partial charge is 0.150 e. The lowest BCUT2D eigenvalue weighted by atomic mass is 10.0. The summed E-state index contributed by atoms with van der Waals surface area (Å²) in [6.45, 7) is 2.01. The molecular weight excluding hydrogens is 186 g/mol. The van der Waals surface area contributed by atoms with Gasteiger partial charge in [0.15, 0.2) is 0 Å². The summed E-state index contributed by atoms with van der Waals surface area (Å²) in [7, 11) is 0. The third-order valence-corrected chi connectivity index (χ3v) is 2.34. The van der Waals surface area contributed by atoms with E-state index in [9.17, 15) is 4.79 Å². The summed E-state index contributed by atoms with van der Waals surface area (Å²) in [4.78, 5) is 15.0. The van der Waals surface area contributed by atoms with Crippen molar-refractivity contribution >= 4 is 6.29 Å². The van der Waals surface area contributed by atoms with E-state index in [1.165, 1.54) is 0 Å². The van der Waals surface area contributed by atoms with Crippen molar-refractivity contribution in [2.75, 3.05) is 0 Å². The second-order valence-corrected chi connectivity index (χ2v) is 3.41. The Bertz CT molecular complexity index is 477. The molecule has 0 spiro atoms. The molecule has 0 radical (unpaired) electrons. The molecule has 2 aromatic rings. The molecule has 0 atom stereocenters. The molecule has 2 heteroatoms. The third kappa shape index (κ3) is 1.94. The summed E-state index contributed by atoms with van der Waals surface area (Å²) in [5.74, 6) is 0. The molecule has 0 aliphatic carbocycles. The van der Waals surface area contributed by atoms with Crippen molar-refractivity contribution in [1.82, 2.24) is 4.98 Å². The molecule has 1 aromatic carbocycles. The van der Waals surface area contributed by atoms with E-state index in [-0.39, 0.29) is 0 Å². The zero-order chi connectivity index (χ0) is 10.7. The van der Waals surface area contributed by atoms with Gasteiger partial charge in [0.1, 0.15) is 6.29 Å². The second-order valence-electron chi connectivity index (χ2n) is 3.41. The number of hydrogen-bond acceptors (Lipinski definition) is 2. The topological polar surface area (TPSA) is 30.0 Å². The van der Waals surface area contributed by atoms with Gasteiger partial charge in [-0.2, -0.15) is 0 Å². The summed E-state index contributed by atoms with van der Waals surface area (Å²) in [5.41, 5.74) is 3.72. The lowest BCUT2D eigenvalue weighted by Gasteiger charge is -2.05. The first-order valence-electron chi connectivity index (χ1n) is 4.78. The van der Waals surface area contributed by atoms with Crippen molar-refractivity contribution in [3.8, 4) is 11.3 Å². The molecule has 15 heavy (non-hydrogen) atoms. The Morgan fingerprint density at radius 3 is 2.73 bits per heavy atom. The van der Waals surface area contributed by atoms with Crippen LogP contribution in [0.4, 0.5) is 0 Å². The van der Waals surface area contributed by atoms with Crippen LogP contribution in [-0.2, 0) is 0 Å². The number of pyridine rings is 1. The van der Waals surface area contributed by atoms with E-state index in [4.69, 9.17) is 0 Å². The predicted octanol–water partition coefficient (Wildman–Crippen LogP) is 2.87. The molecule has 0 bridgehead atoms. The number of nitrogens with zero attached hydrogens (tertiary/aromatic N) is 1. The minimum atomic E-state index is 0.682. The Morgan fingerprint density at radius 2 is 2.07 bits per heavy atom. The number of aldehydes is 1. The minimum Gasteiger partial charge on any atom is -0.298 e. The van der Waals surface area contributed by atoms with Crippen LogP contribution < -0.4 is 0 Å². The zero-order valence-corrected chi connectivity index (χ0v) is 8.47. The maximum Gasteiger partial charge on any atom is 0.150 e. The Hall–Kier alpha value is -1.96. The normalized spacial score (nSPS) is 9.93. The van der Waals surface area contributed by atoms with Gasteiger partial charge in [-0.05, 0) is 30.7 Å². The van der Waals surface area contributed by atoms with E-state index in [1.54, 1.807) is 6.20 Å². The quantitative estimate of drug-likeness (QED) is 0.693. The van der Waals surface area contributed by atoms with Crippen LogP contribution in [-0.4, -0.2) is 11.3 Å². The summed E-state index contributed by atoms with van der Waals surface area (Å²) < 4.78 is 0. The first-order valence-corrected chi connectivity index (χ1v) is 4.78. The van der Waals surface area contributed by atoms with Crippen molar-refractivity contribution in [2.24, 2.45) is 0 Å². The maximum absolute atomic E-state index is 10.7. The highest BCUT2D eigenvalue weighted by atomic mass is 16.1. The molecular formula is C13H11NO. The Balaban J connectivity index is 2.57. The average Bonchev–Trinajstić information content (AvgIpc) is 2.31. The number of aryl methyl sites for hydroxylation is 1. The molecule has 0 saturated heterocycles. The number of carbonyl (C=O) groups excluding carboxylic acids is 1. The zero-order valence-electron chi connectivity index (χ0n) is 8.47. The van der Waals surface area contributed by atoms with Gasteiger partial charge >= 0.3 is 0 Å². The standard InChI is InChI=1S/C13H11NO/c1-10-5-6-11(9-15)8-12(10)13-4-2-3-7-14-13/h2-9H,1H3. The van der Waals surface area contributed by atoms with Gasteiger partial charge in [0.2, 0.25) is 0 Å². The highest BCUT2D eigenvalue weighted by molar-refractivity contribution is 5.79. The fourth-order valence-corrected chi connectivity index (χ4v) is 1.51. The van der Waals surface area contributed by atoms with Crippen LogP contribution >= 0.6 is 0 Å². The van der Waals surface area contributed by atoms with Gasteiger partial charge in [-0.25, -0.2) is 0 Å². The fourth-order valence-electron chi connectivity index (χ4n) is 1.51. The average molecular weight is 197 g/mol. The maximum atomic E-state index is 10.7. The van der Waals surface area contributed by atoms with Gasteiger partial charge in [-0.1, -0.05) is 18.2 Å². The van der Waals surface area contributed by atoms with Gasteiger partial charge in [-0.15, -0.1) is 0 Å². The Labute approximate surface area is 88.6 Å². The van der Waals surface area contributed by atoms with Crippen LogP contribution in [0.3, 0.4) is 0 Å². The Kier molecular flexibility index (Phi) is 2.59. The summed E-state index contributed by atoms with van der Waals surface area (Å²) >= 11 is 0. The molecule has 2 rings (SSSR count). The summed E-state index contributed by atoms with van der Waals surface area (Å²) in [6.07, 6.45) is 2.61. The van der Waals surface area contributed by atoms with Gasteiger partial charge in [0.05, 0.1) is 5.69 Å². The van der Waals surface area contributed by atoms with E-state index in [1.807, 2.05) is 43.3 Å². The van der Waals surface area contributed by atoms with Crippen molar-refractivity contribution in [3.05, 3.63) is 53.7 Å². The summed E-state index contributed by atoms with van der Waals surface area (Å²) in [5, 5.41) is 0. The molecule has 0 aliphatic heterocycles. The van der Waals surface area contributed by atoms with E-state index < -0.39 is 0 Å². The van der Waals surface area contributed by atoms with E-state index in [0.717, 1.165) is 23.1 Å². The Morgan fingerprint density at radius 1 is 1.20 bits per heavy atom. The summed E-state index contributed by atoms with van der Waals surface area (Å²) in [6, 6.07) is 11.4. The van der Waals surface area contributed by atoms with E-state index in [2.05, 4.69) is 4.98 Å². The van der Waals surface area contributed by atoms with Crippen LogP contribution in [0, 0.1) is 6.92 Å². The molecule has 0 amide bonds. The second kappa shape index (κ2) is 4.05. The third-order valence-electron chi connectivity index (χ3n) is 2.34. The van der Waals surface area contributed by atoms with Crippen LogP contribution in [0.5, 0.6) is 0 Å². The molecule has 2 nitrogen and oxygen atoms in total. The van der Waals surface area contributed by atoms with Gasteiger partial charge in [-0.3, -0.25) is 9.78 Å². The number of hydrogen-bond donors (Lipinski definition) is 0. The number of rotatable bonds is 2. The molecule has 0 unspecified atom stereocenters. The lowest BCUT2D eigenvalue weighted by molar-refractivity contribution is 0.112. The monoisotopic (exact) mass is 197 g/mol. The van der Waals surface area contributed by atoms with Crippen LogP contribution in [0.15, 0.2) is 42.6 Å². The van der Waals surface area contributed by atoms with Crippen LogP contribution in [0.1, 0.15) is 15.9 Å². The van der Waals surface area contributed by atoms with Gasteiger partial charge < -0.3 is 0 Å². The van der Waals surface area contributed by atoms with Crippen LogP contribution in [0.2, 0.25) is 0 Å².